The van der Waals surface area contributed by atoms with Crippen LogP contribution in [0.5, 0.6) is 5.75 Å². The summed E-state index contributed by atoms with van der Waals surface area (Å²) < 4.78 is 5.12. The Morgan fingerprint density at radius 3 is 2.84 bits per heavy atom. The van der Waals surface area contributed by atoms with E-state index < -0.39 is 5.97 Å². The van der Waals surface area contributed by atoms with Gasteiger partial charge in [0, 0.05) is 17.7 Å². The fourth-order valence-corrected chi connectivity index (χ4v) is 2.10. The van der Waals surface area contributed by atoms with Gasteiger partial charge in [0.15, 0.2) is 11.4 Å². The van der Waals surface area contributed by atoms with E-state index in [4.69, 9.17) is 4.74 Å². The zero-order valence-electron chi connectivity index (χ0n) is 10.4. The zero-order chi connectivity index (χ0) is 13.4. The summed E-state index contributed by atoms with van der Waals surface area (Å²) in [4.78, 5) is 15.5. The number of carboxylic acids is 1. The zero-order valence-corrected chi connectivity index (χ0v) is 10.4. The third-order valence-corrected chi connectivity index (χ3v) is 3.18. The largest absolute Gasteiger partial charge is 0.494 e. The van der Waals surface area contributed by atoms with Gasteiger partial charge in [-0.15, -0.1) is 0 Å². The molecular formula is C13H13N3O3. The van der Waals surface area contributed by atoms with Gasteiger partial charge in [0.25, 0.3) is 0 Å². The lowest BCUT2D eigenvalue weighted by Gasteiger charge is -2.11. The molecule has 0 bridgehead atoms. The molecule has 0 unspecified atom stereocenters. The van der Waals surface area contributed by atoms with E-state index >= 15 is 0 Å². The number of pyridine rings is 1. The SMILES string of the molecule is COc1cc(-c2cc[nH]n2)c(C2CC2)nc1C(=O)O. The van der Waals surface area contributed by atoms with Gasteiger partial charge in [-0.05, 0) is 25.0 Å². The summed E-state index contributed by atoms with van der Waals surface area (Å²) >= 11 is 0. The van der Waals surface area contributed by atoms with Crippen LogP contribution in [0.25, 0.3) is 11.3 Å². The van der Waals surface area contributed by atoms with E-state index in [1.165, 1.54) is 7.11 Å². The van der Waals surface area contributed by atoms with Gasteiger partial charge in [0.1, 0.15) is 0 Å². The molecule has 6 heteroatoms. The molecule has 6 nitrogen and oxygen atoms in total. The highest BCUT2D eigenvalue weighted by molar-refractivity contribution is 5.89. The maximum atomic E-state index is 11.2. The van der Waals surface area contributed by atoms with Gasteiger partial charge >= 0.3 is 5.97 Å². The number of aromatic amines is 1. The quantitative estimate of drug-likeness (QED) is 0.877. The minimum absolute atomic E-state index is 0.0383. The number of hydrogen-bond acceptors (Lipinski definition) is 4. The van der Waals surface area contributed by atoms with Gasteiger partial charge in [-0.2, -0.15) is 5.10 Å². The van der Waals surface area contributed by atoms with Crippen LogP contribution < -0.4 is 4.74 Å². The lowest BCUT2D eigenvalue weighted by atomic mass is 10.1. The molecule has 0 aliphatic heterocycles. The number of hydrogen-bond donors (Lipinski definition) is 2. The first kappa shape index (κ1) is 11.7. The molecule has 2 heterocycles. The van der Waals surface area contributed by atoms with Crippen molar-refractivity contribution in [3.05, 3.63) is 29.7 Å². The van der Waals surface area contributed by atoms with Gasteiger partial charge in [0.05, 0.1) is 18.5 Å². The van der Waals surface area contributed by atoms with Crippen LogP contribution >= 0.6 is 0 Å². The van der Waals surface area contributed by atoms with E-state index in [-0.39, 0.29) is 11.4 Å². The number of ether oxygens (including phenoxy) is 1. The van der Waals surface area contributed by atoms with Crippen molar-refractivity contribution in [2.75, 3.05) is 7.11 Å². The number of nitrogens with zero attached hydrogens (tertiary/aromatic N) is 2. The van der Waals surface area contributed by atoms with Gasteiger partial charge in [-0.1, -0.05) is 0 Å². The lowest BCUT2D eigenvalue weighted by Crippen LogP contribution is -2.07. The standard InChI is InChI=1S/C13H13N3O3/c1-19-10-6-8(9-4-5-14-16-9)11(7-2-3-7)15-12(10)13(17)18/h4-7H,2-3H2,1H3,(H,14,16)(H,17,18). The molecule has 1 fully saturated rings. The second kappa shape index (κ2) is 4.38. The predicted molar refractivity (Wildman–Crippen MR) is 67.3 cm³/mol. The fourth-order valence-electron chi connectivity index (χ4n) is 2.10. The summed E-state index contributed by atoms with van der Waals surface area (Å²) in [5.74, 6) is -0.488. The predicted octanol–water partition coefficient (Wildman–Crippen LogP) is 2.06. The Morgan fingerprint density at radius 1 is 1.53 bits per heavy atom. The van der Waals surface area contributed by atoms with Crippen molar-refractivity contribution in [1.82, 2.24) is 15.2 Å². The molecule has 2 N–H and O–H groups in total. The highest BCUT2D eigenvalue weighted by Gasteiger charge is 2.31. The summed E-state index contributed by atoms with van der Waals surface area (Å²) in [6.45, 7) is 0. The summed E-state index contributed by atoms with van der Waals surface area (Å²) in [5.41, 5.74) is 2.35. The van der Waals surface area contributed by atoms with Crippen molar-refractivity contribution in [1.29, 1.82) is 0 Å². The van der Waals surface area contributed by atoms with Crippen molar-refractivity contribution in [2.24, 2.45) is 0 Å². The average Bonchev–Trinajstić information content (AvgIpc) is 3.11. The molecule has 0 radical (unpaired) electrons. The number of H-pyrrole nitrogens is 1. The normalized spacial score (nSPS) is 14.4. The first-order valence-corrected chi connectivity index (χ1v) is 6.03. The monoisotopic (exact) mass is 259 g/mol. The highest BCUT2D eigenvalue weighted by atomic mass is 16.5. The summed E-state index contributed by atoms with van der Waals surface area (Å²) in [5, 5.41) is 16.1. The number of aromatic nitrogens is 3. The molecule has 0 atom stereocenters. The number of methoxy groups -OCH3 is 1. The average molecular weight is 259 g/mol. The first-order valence-electron chi connectivity index (χ1n) is 6.03. The van der Waals surface area contributed by atoms with Crippen LogP contribution in [-0.4, -0.2) is 33.4 Å². The van der Waals surface area contributed by atoms with Gasteiger partial charge in [-0.25, -0.2) is 9.78 Å². The van der Waals surface area contributed by atoms with Gasteiger partial charge < -0.3 is 9.84 Å². The number of nitrogens with one attached hydrogen (secondary N) is 1. The minimum atomic E-state index is -1.08. The Hall–Kier alpha value is -2.37. The number of rotatable bonds is 4. The third-order valence-electron chi connectivity index (χ3n) is 3.18. The van der Waals surface area contributed by atoms with Crippen LogP contribution in [0.4, 0.5) is 0 Å². The maximum absolute atomic E-state index is 11.2. The second-order valence-electron chi connectivity index (χ2n) is 4.51. The Morgan fingerprint density at radius 2 is 2.32 bits per heavy atom. The minimum Gasteiger partial charge on any atom is -0.494 e. The van der Waals surface area contributed by atoms with E-state index in [9.17, 15) is 9.90 Å². The lowest BCUT2D eigenvalue weighted by molar-refractivity contribution is 0.0686. The Labute approximate surface area is 109 Å². The van der Waals surface area contributed by atoms with E-state index in [0.717, 1.165) is 29.8 Å². The second-order valence-corrected chi connectivity index (χ2v) is 4.51. The van der Waals surface area contributed by atoms with Crippen LogP contribution in [0, 0.1) is 0 Å². The van der Waals surface area contributed by atoms with Crippen molar-refractivity contribution in [3.63, 3.8) is 0 Å². The Kier molecular flexibility index (Phi) is 2.70. The fraction of sp³-hybridized carbons (Fsp3) is 0.308. The van der Waals surface area contributed by atoms with E-state index in [2.05, 4.69) is 15.2 Å². The van der Waals surface area contributed by atoms with Gasteiger partial charge in [0.2, 0.25) is 0 Å². The molecule has 1 aliphatic rings. The molecule has 2 aromatic heterocycles. The molecule has 3 rings (SSSR count). The van der Waals surface area contributed by atoms with Crippen LogP contribution in [0.15, 0.2) is 18.3 Å². The maximum Gasteiger partial charge on any atom is 0.358 e. The smallest absolute Gasteiger partial charge is 0.358 e. The Bertz CT molecular complexity index is 618. The van der Waals surface area contributed by atoms with E-state index in [1.807, 2.05) is 6.07 Å². The molecule has 0 spiro atoms. The van der Waals surface area contributed by atoms with Gasteiger partial charge in [-0.3, -0.25) is 5.10 Å². The number of carbonyl (C=O) groups is 1. The number of carboxylic acid groups (broad SMARTS) is 1. The third kappa shape index (κ3) is 2.05. The number of aromatic carboxylic acids is 1. The first-order chi connectivity index (χ1) is 9.20. The Balaban J connectivity index is 2.19. The molecule has 98 valence electrons. The van der Waals surface area contributed by atoms with Crippen LogP contribution in [0.2, 0.25) is 0 Å². The van der Waals surface area contributed by atoms with Crippen molar-refractivity contribution in [3.8, 4) is 17.0 Å². The molecule has 2 aromatic rings. The summed E-state index contributed by atoms with van der Waals surface area (Å²) in [6.07, 6.45) is 3.80. The molecule has 0 saturated heterocycles. The highest BCUT2D eigenvalue weighted by Crippen LogP contribution is 2.44. The molecular weight excluding hydrogens is 246 g/mol. The molecule has 0 amide bonds. The molecule has 19 heavy (non-hydrogen) atoms. The van der Waals surface area contributed by atoms with E-state index in [1.54, 1.807) is 12.3 Å². The molecule has 0 aromatic carbocycles. The van der Waals surface area contributed by atoms with Crippen LogP contribution in [0.1, 0.15) is 34.9 Å². The van der Waals surface area contributed by atoms with Crippen LogP contribution in [-0.2, 0) is 0 Å². The molecule has 1 aliphatic carbocycles. The summed E-state index contributed by atoms with van der Waals surface area (Å²) in [7, 11) is 1.44. The van der Waals surface area contributed by atoms with Crippen LogP contribution in [0.3, 0.4) is 0 Å². The van der Waals surface area contributed by atoms with E-state index in [0.29, 0.717) is 5.92 Å². The van der Waals surface area contributed by atoms with Crippen molar-refractivity contribution < 1.29 is 14.6 Å². The van der Waals surface area contributed by atoms with Crippen molar-refractivity contribution >= 4 is 5.97 Å². The van der Waals surface area contributed by atoms with Crippen molar-refractivity contribution in [2.45, 2.75) is 18.8 Å². The summed E-state index contributed by atoms with van der Waals surface area (Å²) in [6, 6.07) is 3.54. The molecule has 1 saturated carbocycles. The topological polar surface area (TPSA) is 88.1 Å².